The van der Waals surface area contributed by atoms with Crippen LogP contribution >= 0.6 is 23.2 Å². The van der Waals surface area contributed by atoms with E-state index in [2.05, 4.69) is 4.90 Å². The highest BCUT2D eigenvalue weighted by molar-refractivity contribution is 7.86. The van der Waals surface area contributed by atoms with E-state index in [1.54, 1.807) is 20.7 Å². The van der Waals surface area contributed by atoms with Gasteiger partial charge in [-0.05, 0) is 31.0 Å². The third-order valence-corrected chi connectivity index (χ3v) is 6.80. The van der Waals surface area contributed by atoms with Crippen molar-refractivity contribution in [3.63, 3.8) is 0 Å². The Morgan fingerprint density at radius 2 is 1.45 bits per heavy atom. The molecule has 0 aliphatic carbocycles. The molecule has 2 fully saturated rings. The van der Waals surface area contributed by atoms with Gasteiger partial charge in [0, 0.05) is 44.3 Å². The minimum Gasteiger partial charge on any atom is -0.368 e. The number of halogens is 2. The summed E-state index contributed by atoms with van der Waals surface area (Å²) in [6, 6.07) is 5.35. The van der Waals surface area contributed by atoms with Crippen molar-refractivity contribution in [3.05, 3.63) is 28.2 Å². The van der Waals surface area contributed by atoms with Crippen molar-refractivity contribution in [2.24, 2.45) is 0 Å². The predicted molar refractivity (Wildman–Crippen MR) is 90.0 cm³/mol. The number of nitrogens with zero attached hydrogens (tertiary/aromatic N) is 3. The normalized spacial score (nSPS) is 21.5. The molecule has 0 amide bonds. The lowest BCUT2D eigenvalue weighted by molar-refractivity contribution is 0.343. The minimum atomic E-state index is -3.30. The summed E-state index contributed by atoms with van der Waals surface area (Å²) in [6.07, 6.45) is 1.91. The highest BCUT2D eigenvalue weighted by atomic mass is 35.5. The zero-order valence-electron chi connectivity index (χ0n) is 12.2. The maximum atomic E-state index is 12.5. The molecule has 2 saturated heterocycles. The van der Waals surface area contributed by atoms with Gasteiger partial charge in [0.2, 0.25) is 0 Å². The SMILES string of the molecule is O=S(=O)(N1CCCC1)N1CCN(c2cc(Cl)ccc2Cl)CC1. The van der Waals surface area contributed by atoms with Gasteiger partial charge < -0.3 is 4.90 Å². The topological polar surface area (TPSA) is 43.9 Å². The lowest BCUT2D eigenvalue weighted by Crippen LogP contribution is -2.52. The van der Waals surface area contributed by atoms with Crippen molar-refractivity contribution in [2.75, 3.05) is 44.2 Å². The Labute approximate surface area is 141 Å². The predicted octanol–water partition coefficient (Wildman–Crippen LogP) is 2.46. The third-order valence-electron chi connectivity index (χ3n) is 4.21. The summed E-state index contributed by atoms with van der Waals surface area (Å²) in [5.41, 5.74) is 0.868. The van der Waals surface area contributed by atoms with Crippen LogP contribution in [0.25, 0.3) is 0 Å². The molecule has 8 heteroatoms. The van der Waals surface area contributed by atoms with Crippen LogP contribution in [0.4, 0.5) is 5.69 Å². The molecule has 122 valence electrons. The molecule has 0 bridgehead atoms. The lowest BCUT2D eigenvalue weighted by atomic mass is 10.2. The molecule has 0 radical (unpaired) electrons. The summed E-state index contributed by atoms with van der Waals surface area (Å²) < 4.78 is 28.2. The Hall–Kier alpha value is -0.530. The Morgan fingerprint density at radius 1 is 0.864 bits per heavy atom. The first-order valence-electron chi connectivity index (χ1n) is 7.44. The summed E-state index contributed by atoms with van der Waals surface area (Å²) >= 11 is 12.2. The third kappa shape index (κ3) is 3.21. The van der Waals surface area contributed by atoms with Crippen LogP contribution in [0.3, 0.4) is 0 Å². The van der Waals surface area contributed by atoms with Crippen molar-refractivity contribution in [3.8, 4) is 0 Å². The average Bonchev–Trinajstić information content (AvgIpc) is 3.05. The number of hydrogen-bond donors (Lipinski definition) is 0. The van der Waals surface area contributed by atoms with Gasteiger partial charge in [-0.2, -0.15) is 17.0 Å². The van der Waals surface area contributed by atoms with E-state index in [1.807, 2.05) is 6.07 Å². The summed E-state index contributed by atoms with van der Waals surface area (Å²) in [4.78, 5) is 2.09. The molecular formula is C14H19Cl2N3O2S. The highest BCUT2D eigenvalue weighted by Gasteiger charge is 2.34. The second-order valence-corrected chi connectivity index (χ2v) is 8.37. The number of piperazine rings is 1. The lowest BCUT2D eigenvalue weighted by Gasteiger charge is -2.37. The fourth-order valence-corrected chi connectivity index (χ4v) is 5.04. The zero-order valence-corrected chi connectivity index (χ0v) is 14.5. The van der Waals surface area contributed by atoms with Crippen LogP contribution in [0, 0.1) is 0 Å². The van der Waals surface area contributed by atoms with Gasteiger partial charge in [0.05, 0.1) is 10.7 Å². The van der Waals surface area contributed by atoms with E-state index in [0.29, 0.717) is 49.3 Å². The van der Waals surface area contributed by atoms with Crippen LogP contribution in [0.2, 0.25) is 10.0 Å². The molecule has 0 N–H and O–H groups in total. The summed E-state index contributed by atoms with van der Waals surface area (Å²) in [6.45, 7) is 3.47. The Kier molecular flexibility index (Phi) is 4.85. The van der Waals surface area contributed by atoms with Crippen molar-refractivity contribution < 1.29 is 8.42 Å². The highest BCUT2D eigenvalue weighted by Crippen LogP contribution is 2.30. The molecule has 2 aliphatic heterocycles. The first-order chi connectivity index (χ1) is 10.5. The first kappa shape index (κ1) is 16.3. The Bertz CT molecular complexity index is 639. The van der Waals surface area contributed by atoms with Crippen molar-refractivity contribution in [2.45, 2.75) is 12.8 Å². The van der Waals surface area contributed by atoms with Gasteiger partial charge in [0.1, 0.15) is 0 Å². The largest absolute Gasteiger partial charge is 0.368 e. The summed E-state index contributed by atoms with van der Waals surface area (Å²) in [5, 5.41) is 1.27. The second-order valence-electron chi connectivity index (χ2n) is 5.60. The molecular weight excluding hydrogens is 345 g/mol. The summed E-state index contributed by atoms with van der Waals surface area (Å²) in [7, 11) is -3.30. The molecule has 0 aromatic heterocycles. The smallest absolute Gasteiger partial charge is 0.282 e. The van der Waals surface area contributed by atoms with Crippen molar-refractivity contribution in [1.82, 2.24) is 8.61 Å². The van der Waals surface area contributed by atoms with Gasteiger partial charge in [0.15, 0.2) is 0 Å². The Balaban J connectivity index is 1.68. The first-order valence-corrected chi connectivity index (χ1v) is 9.59. The van der Waals surface area contributed by atoms with Gasteiger partial charge in [0.25, 0.3) is 10.2 Å². The van der Waals surface area contributed by atoms with Gasteiger partial charge in [-0.3, -0.25) is 0 Å². The fourth-order valence-electron chi connectivity index (χ4n) is 2.97. The standard InChI is InChI=1S/C14H19Cl2N3O2S/c15-12-3-4-13(16)14(11-12)17-7-9-19(10-8-17)22(20,21)18-5-1-2-6-18/h3-4,11H,1-2,5-10H2. The van der Waals surface area contributed by atoms with Crippen molar-refractivity contribution in [1.29, 1.82) is 0 Å². The number of anilines is 1. The molecule has 1 aromatic rings. The van der Waals surface area contributed by atoms with Crippen LogP contribution in [0.5, 0.6) is 0 Å². The van der Waals surface area contributed by atoms with Gasteiger partial charge in [-0.25, -0.2) is 0 Å². The van der Waals surface area contributed by atoms with Crippen LogP contribution < -0.4 is 4.90 Å². The monoisotopic (exact) mass is 363 g/mol. The van der Waals surface area contributed by atoms with E-state index in [4.69, 9.17) is 23.2 Å². The molecule has 2 aliphatic rings. The molecule has 0 spiro atoms. The number of rotatable bonds is 3. The van der Waals surface area contributed by atoms with E-state index in [1.165, 1.54) is 0 Å². The van der Waals surface area contributed by atoms with Gasteiger partial charge in [-0.15, -0.1) is 0 Å². The average molecular weight is 364 g/mol. The molecule has 1 aromatic carbocycles. The van der Waals surface area contributed by atoms with Gasteiger partial charge in [-0.1, -0.05) is 23.2 Å². The zero-order chi connectivity index (χ0) is 15.7. The van der Waals surface area contributed by atoms with E-state index in [0.717, 1.165) is 18.5 Å². The van der Waals surface area contributed by atoms with E-state index in [9.17, 15) is 8.42 Å². The maximum absolute atomic E-state index is 12.5. The number of benzene rings is 1. The molecule has 5 nitrogen and oxygen atoms in total. The van der Waals surface area contributed by atoms with E-state index < -0.39 is 10.2 Å². The van der Waals surface area contributed by atoms with Crippen molar-refractivity contribution >= 4 is 39.1 Å². The van der Waals surface area contributed by atoms with Crippen LogP contribution in [-0.2, 0) is 10.2 Å². The maximum Gasteiger partial charge on any atom is 0.282 e. The van der Waals surface area contributed by atoms with Crippen LogP contribution in [-0.4, -0.2) is 56.3 Å². The quantitative estimate of drug-likeness (QED) is 0.828. The van der Waals surface area contributed by atoms with E-state index >= 15 is 0 Å². The molecule has 0 atom stereocenters. The molecule has 22 heavy (non-hydrogen) atoms. The van der Waals surface area contributed by atoms with E-state index in [-0.39, 0.29) is 0 Å². The fraction of sp³-hybridized carbons (Fsp3) is 0.571. The molecule has 0 saturated carbocycles. The van der Waals surface area contributed by atoms with Gasteiger partial charge >= 0.3 is 0 Å². The van der Waals surface area contributed by atoms with Crippen LogP contribution in [0.15, 0.2) is 18.2 Å². The molecule has 2 heterocycles. The van der Waals surface area contributed by atoms with Crippen LogP contribution in [0.1, 0.15) is 12.8 Å². The minimum absolute atomic E-state index is 0.474. The number of hydrogen-bond acceptors (Lipinski definition) is 3. The molecule has 0 unspecified atom stereocenters. The molecule has 3 rings (SSSR count). The Morgan fingerprint density at radius 3 is 2.09 bits per heavy atom. The summed E-state index contributed by atoms with van der Waals surface area (Å²) in [5.74, 6) is 0. The second kappa shape index (κ2) is 6.53.